The molecule has 1 aromatic heterocycles. The Labute approximate surface area is 130 Å². The van der Waals surface area contributed by atoms with Crippen LogP contribution in [-0.2, 0) is 9.53 Å². The molecule has 1 aliphatic rings. The standard InChI is InChI=1S/C12H18N4O2.2ClH/c1-9(13)12(17)15-11-3-2-10(8-14-11)16-4-6-18-7-5-16;;/h2-3,8-9H,4-7,13H2,1H3,(H,14,15,17);2*1H/t9-;;/m1../s1. The van der Waals surface area contributed by atoms with Gasteiger partial charge in [0.1, 0.15) is 5.82 Å². The number of aromatic nitrogens is 1. The summed E-state index contributed by atoms with van der Waals surface area (Å²) in [6, 6.07) is 3.19. The van der Waals surface area contributed by atoms with Crippen LogP contribution in [-0.4, -0.2) is 43.2 Å². The Bertz CT molecular complexity index is 408. The van der Waals surface area contributed by atoms with Crippen LogP contribution in [0.3, 0.4) is 0 Å². The Hall–Kier alpha value is -1.08. The fraction of sp³-hybridized carbons (Fsp3) is 0.500. The van der Waals surface area contributed by atoms with Gasteiger partial charge < -0.3 is 20.7 Å². The average Bonchev–Trinajstić information content (AvgIpc) is 2.40. The van der Waals surface area contributed by atoms with Gasteiger partial charge in [0.05, 0.1) is 31.1 Å². The topological polar surface area (TPSA) is 80.5 Å². The molecule has 1 atom stereocenters. The molecular weight excluding hydrogens is 303 g/mol. The summed E-state index contributed by atoms with van der Waals surface area (Å²) in [5, 5.41) is 2.65. The molecule has 1 amide bonds. The summed E-state index contributed by atoms with van der Waals surface area (Å²) in [4.78, 5) is 17.8. The van der Waals surface area contributed by atoms with E-state index < -0.39 is 6.04 Å². The molecule has 0 unspecified atom stereocenters. The van der Waals surface area contributed by atoms with Crippen molar-refractivity contribution in [2.45, 2.75) is 13.0 Å². The summed E-state index contributed by atoms with van der Waals surface area (Å²) in [6.07, 6.45) is 1.75. The highest BCUT2D eigenvalue weighted by atomic mass is 35.5. The summed E-state index contributed by atoms with van der Waals surface area (Å²) < 4.78 is 5.29. The number of hydrogen-bond donors (Lipinski definition) is 2. The van der Waals surface area contributed by atoms with Crippen LogP contribution in [0.2, 0.25) is 0 Å². The molecule has 8 heteroatoms. The van der Waals surface area contributed by atoms with Crippen molar-refractivity contribution < 1.29 is 9.53 Å². The van der Waals surface area contributed by atoms with Crippen molar-refractivity contribution >= 4 is 42.2 Å². The molecule has 3 N–H and O–H groups in total. The van der Waals surface area contributed by atoms with E-state index in [0.29, 0.717) is 5.82 Å². The molecule has 0 aromatic carbocycles. The van der Waals surface area contributed by atoms with E-state index in [2.05, 4.69) is 15.2 Å². The van der Waals surface area contributed by atoms with Crippen molar-refractivity contribution in [3.63, 3.8) is 0 Å². The van der Waals surface area contributed by atoms with Gasteiger partial charge in [0.2, 0.25) is 5.91 Å². The van der Waals surface area contributed by atoms with Gasteiger partial charge in [-0.3, -0.25) is 4.79 Å². The number of nitrogens with zero attached hydrogens (tertiary/aromatic N) is 2. The van der Waals surface area contributed by atoms with Crippen LogP contribution in [0.1, 0.15) is 6.92 Å². The van der Waals surface area contributed by atoms with E-state index in [1.807, 2.05) is 6.07 Å². The highest BCUT2D eigenvalue weighted by Crippen LogP contribution is 2.16. The number of carbonyl (C=O) groups is 1. The maximum Gasteiger partial charge on any atom is 0.242 e. The van der Waals surface area contributed by atoms with Gasteiger partial charge in [-0.05, 0) is 19.1 Å². The Kier molecular flexibility index (Phi) is 8.48. The van der Waals surface area contributed by atoms with Crippen LogP contribution in [0.4, 0.5) is 11.5 Å². The Morgan fingerprint density at radius 2 is 2.05 bits per heavy atom. The smallest absolute Gasteiger partial charge is 0.242 e. The number of ether oxygens (including phenoxy) is 1. The lowest BCUT2D eigenvalue weighted by Crippen LogP contribution is -2.36. The highest BCUT2D eigenvalue weighted by molar-refractivity contribution is 5.93. The monoisotopic (exact) mass is 322 g/mol. The summed E-state index contributed by atoms with van der Waals surface area (Å²) in [7, 11) is 0. The molecular formula is C12H20Cl2N4O2. The number of nitrogens with two attached hydrogens (primary N) is 1. The number of hydrogen-bond acceptors (Lipinski definition) is 5. The minimum Gasteiger partial charge on any atom is -0.378 e. The first-order valence-electron chi connectivity index (χ1n) is 6.02. The first kappa shape index (κ1) is 18.9. The van der Waals surface area contributed by atoms with Crippen molar-refractivity contribution in [1.82, 2.24) is 4.98 Å². The summed E-state index contributed by atoms with van der Waals surface area (Å²) in [5.74, 6) is 0.288. The van der Waals surface area contributed by atoms with E-state index in [9.17, 15) is 4.79 Å². The minimum atomic E-state index is -0.536. The third-order valence-corrected chi connectivity index (χ3v) is 2.79. The Morgan fingerprint density at radius 1 is 1.40 bits per heavy atom. The van der Waals surface area contributed by atoms with Crippen molar-refractivity contribution in [2.75, 3.05) is 36.5 Å². The van der Waals surface area contributed by atoms with Crippen LogP contribution in [0.25, 0.3) is 0 Å². The molecule has 114 valence electrons. The zero-order chi connectivity index (χ0) is 13.0. The first-order valence-corrected chi connectivity index (χ1v) is 6.02. The molecule has 2 heterocycles. The lowest BCUT2D eigenvalue weighted by atomic mass is 10.3. The number of anilines is 2. The van der Waals surface area contributed by atoms with Gasteiger partial charge >= 0.3 is 0 Å². The maximum absolute atomic E-state index is 11.4. The summed E-state index contributed by atoms with van der Waals surface area (Å²) in [5.41, 5.74) is 6.51. The summed E-state index contributed by atoms with van der Waals surface area (Å²) in [6.45, 7) is 4.85. The third-order valence-electron chi connectivity index (χ3n) is 2.79. The highest BCUT2D eigenvalue weighted by Gasteiger charge is 2.12. The van der Waals surface area contributed by atoms with Crippen molar-refractivity contribution in [3.05, 3.63) is 18.3 Å². The number of halogens is 2. The maximum atomic E-state index is 11.4. The van der Waals surface area contributed by atoms with E-state index in [0.717, 1.165) is 32.0 Å². The van der Waals surface area contributed by atoms with E-state index in [-0.39, 0.29) is 30.7 Å². The van der Waals surface area contributed by atoms with Crippen LogP contribution in [0, 0.1) is 0 Å². The molecule has 0 aliphatic carbocycles. The molecule has 1 aromatic rings. The third kappa shape index (κ3) is 5.13. The minimum absolute atomic E-state index is 0. The van der Waals surface area contributed by atoms with Crippen molar-refractivity contribution in [1.29, 1.82) is 0 Å². The van der Waals surface area contributed by atoms with Crippen molar-refractivity contribution in [2.24, 2.45) is 5.73 Å². The normalized spacial score (nSPS) is 15.6. The molecule has 2 rings (SSSR count). The Balaban J connectivity index is 0.00000180. The van der Waals surface area contributed by atoms with E-state index in [1.54, 1.807) is 19.2 Å². The second kappa shape index (κ2) is 8.97. The molecule has 0 radical (unpaired) electrons. The zero-order valence-electron chi connectivity index (χ0n) is 11.2. The van der Waals surface area contributed by atoms with E-state index >= 15 is 0 Å². The fourth-order valence-electron chi connectivity index (χ4n) is 1.71. The predicted octanol–water partition coefficient (Wildman–Crippen LogP) is 1.05. The second-order valence-corrected chi connectivity index (χ2v) is 4.28. The van der Waals surface area contributed by atoms with Gasteiger partial charge in [-0.15, -0.1) is 24.8 Å². The predicted molar refractivity (Wildman–Crippen MR) is 84.0 cm³/mol. The van der Waals surface area contributed by atoms with Gasteiger partial charge in [0.15, 0.2) is 0 Å². The van der Waals surface area contributed by atoms with E-state index in [4.69, 9.17) is 10.5 Å². The van der Waals surface area contributed by atoms with Gasteiger partial charge in [-0.25, -0.2) is 4.98 Å². The van der Waals surface area contributed by atoms with Gasteiger partial charge in [0, 0.05) is 13.1 Å². The molecule has 1 fully saturated rings. The van der Waals surface area contributed by atoms with Gasteiger partial charge in [0.25, 0.3) is 0 Å². The molecule has 0 spiro atoms. The second-order valence-electron chi connectivity index (χ2n) is 4.28. The quantitative estimate of drug-likeness (QED) is 0.869. The molecule has 0 bridgehead atoms. The van der Waals surface area contributed by atoms with Crippen molar-refractivity contribution in [3.8, 4) is 0 Å². The largest absolute Gasteiger partial charge is 0.378 e. The zero-order valence-corrected chi connectivity index (χ0v) is 12.9. The summed E-state index contributed by atoms with van der Waals surface area (Å²) >= 11 is 0. The van der Waals surface area contributed by atoms with Crippen LogP contribution >= 0.6 is 24.8 Å². The van der Waals surface area contributed by atoms with E-state index in [1.165, 1.54) is 0 Å². The Morgan fingerprint density at radius 3 is 2.55 bits per heavy atom. The van der Waals surface area contributed by atoms with Crippen LogP contribution in [0.5, 0.6) is 0 Å². The number of morpholine rings is 1. The number of rotatable bonds is 3. The first-order chi connectivity index (χ1) is 8.66. The molecule has 1 saturated heterocycles. The molecule has 6 nitrogen and oxygen atoms in total. The van der Waals surface area contributed by atoms with Gasteiger partial charge in [-0.2, -0.15) is 0 Å². The number of pyridine rings is 1. The van der Waals surface area contributed by atoms with Gasteiger partial charge in [-0.1, -0.05) is 0 Å². The number of amides is 1. The van der Waals surface area contributed by atoms with Crippen LogP contribution in [0.15, 0.2) is 18.3 Å². The molecule has 0 saturated carbocycles. The lowest BCUT2D eigenvalue weighted by Gasteiger charge is -2.28. The number of carbonyl (C=O) groups excluding carboxylic acids is 1. The SMILES string of the molecule is C[C@@H](N)C(=O)Nc1ccc(N2CCOCC2)cn1.Cl.Cl. The molecule has 20 heavy (non-hydrogen) atoms. The van der Waals surface area contributed by atoms with Crippen LogP contribution < -0.4 is 16.0 Å². The lowest BCUT2D eigenvalue weighted by molar-refractivity contribution is -0.117. The number of nitrogens with one attached hydrogen (secondary N) is 1. The average molecular weight is 323 g/mol. The molecule has 1 aliphatic heterocycles. The fourth-order valence-corrected chi connectivity index (χ4v) is 1.71.